The van der Waals surface area contributed by atoms with Crippen LogP contribution in [0.5, 0.6) is 0 Å². The number of carboxylic acids is 1. The Balaban J connectivity index is 0.000000170. The molecule has 6 aromatic rings. The number of nitrogens with one attached hydrogen (secondary N) is 1. The normalized spacial score (nSPS) is 14.3. The molecule has 0 bridgehead atoms. The van der Waals surface area contributed by atoms with E-state index in [0.717, 1.165) is 24.9 Å². The Morgan fingerprint density at radius 2 is 1.03 bits per heavy atom. The number of nitrogens with zero attached hydrogens (tertiary/aromatic N) is 2. The van der Waals surface area contributed by atoms with Gasteiger partial charge in [-0.1, -0.05) is 85.8 Å². The van der Waals surface area contributed by atoms with Crippen molar-refractivity contribution in [2.24, 2.45) is 5.73 Å². The number of carbonyl (C=O) groups excluding carboxylic acids is 1. The summed E-state index contributed by atoms with van der Waals surface area (Å²) in [5.41, 5.74) is 11.5. The van der Waals surface area contributed by atoms with Crippen LogP contribution in [-0.2, 0) is 10.8 Å². The molecule has 61 heavy (non-hydrogen) atoms. The minimum atomic E-state index is -0.983. The molecule has 2 aromatic heterocycles. The molecule has 2 aliphatic carbocycles. The van der Waals surface area contributed by atoms with E-state index in [9.17, 15) is 18.4 Å². The number of carboxylic acid groups (broad SMARTS) is 1. The average molecular weight is 815 g/mol. The van der Waals surface area contributed by atoms with E-state index in [4.69, 9.17) is 10.8 Å². The van der Waals surface area contributed by atoms with Crippen LogP contribution in [0.15, 0.2) is 146 Å². The van der Waals surface area contributed by atoms with Gasteiger partial charge < -0.3 is 16.2 Å². The Hall–Kier alpha value is -6.94. The summed E-state index contributed by atoms with van der Waals surface area (Å²) in [6, 6.07) is 34.1. The van der Waals surface area contributed by atoms with Crippen molar-refractivity contribution in [1.82, 2.24) is 15.3 Å². The largest absolute Gasteiger partial charge is 0.478 e. The van der Waals surface area contributed by atoms with E-state index in [-0.39, 0.29) is 33.9 Å². The standard InChI is InChI=1S/C26H23FN2O.C15H9FO2.C11H16N2/c27-24-8-2-1-6-21(24)12-9-20-10-13-22(14-11-20)25(30)29-19-26(15-3-4-16-26)23-7-5-17-28-18-23;16-14-4-2-1-3-12(14)8-5-11-6-9-13(10-7-11)15(17)18;12-9-11(5-1-2-6-11)10-4-3-7-13-8-10/h1-2,5-8,10-11,13-14,17-18H,3-4,15-16,19H2,(H,29,30);1-4,6-7,9-10H,(H,17,18);3-4,7-8H,1-2,5-6,9,12H2. The summed E-state index contributed by atoms with van der Waals surface area (Å²) >= 11 is 0. The first-order valence-electron chi connectivity index (χ1n) is 20.5. The van der Waals surface area contributed by atoms with Gasteiger partial charge in [-0.15, -0.1) is 0 Å². The van der Waals surface area contributed by atoms with Gasteiger partial charge in [-0.05, 0) is 122 Å². The third-order valence-electron chi connectivity index (χ3n) is 11.4. The summed E-state index contributed by atoms with van der Waals surface area (Å²) in [5.74, 6) is 9.48. The van der Waals surface area contributed by atoms with Crippen LogP contribution in [0, 0.1) is 35.3 Å². The molecule has 9 heteroatoms. The maximum atomic E-state index is 13.7. The van der Waals surface area contributed by atoms with Crippen LogP contribution in [0.4, 0.5) is 8.78 Å². The van der Waals surface area contributed by atoms with Gasteiger partial charge in [-0.2, -0.15) is 0 Å². The number of hydrogen-bond acceptors (Lipinski definition) is 5. The van der Waals surface area contributed by atoms with Crippen molar-refractivity contribution in [2.75, 3.05) is 13.1 Å². The van der Waals surface area contributed by atoms with Gasteiger partial charge in [0.15, 0.2) is 0 Å². The molecule has 2 aliphatic rings. The van der Waals surface area contributed by atoms with E-state index in [1.165, 1.54) is 73.9 Å². The SMILES string of the molecule is NCC1(c2cccnc2)CCCC1.O=C(NCC1(c2cccnc2)CCCC1)c1ccc(C#Cc2ccccc2F)cc1.O=C(O)c1ccc(C#Cc2ccccc2F)cc1. The second kappa shape index (κ2) is 21.4. The van der Waals surface area contributed by atoms with Gasteiger partial charge in [-0.3, -0.25) is 14.8 Å². The number of pyridine rings is 2. The van der Waals surface area contributed by atoms with Crippen LogP contribution in [-0.4, -0.2) is 40.0 Å². The maximum Gasteiger partial charge on any atom is 0.335 e. The number of rotatable bonds is 7. The number of benzene rings is 4. The van der Waals surface area contributed by atoms with Crippen LogP contribution in [0.3, 0.4) is 0 Å². The lowest BCUT2D eigenvalue weighted by Gasteiger charge is -2.29. The van der Waals surface area contributed by atoms with Crippen molar-refractivity contribution in [2.45, 2.75) is 62.2 Å². The van der Waals surface area contributed by atoms with Gasteiger partial charge in [-0.25, -0.2) is 13.6 Å². The Bertz CT molecular complexity index is 2490. The first-order valence-corrected chi connectivity index (χ1v) is 20.5. The molecule has 308 valence electrons. The van der Waals surface area contributed by atoms with Crippen molar-refractivity contribution >= 4 is 11.9 Å². The number of aromatic nitrogens is 2. The van der Waals surface area contributed by atoms with Gasteiger partial charge >= 0.3 is 5.97 Å². The highest BCUT2D eigenvalue weighted by Crippen LogP contribution is 2.41. The van der Waals surface area contributed by atoms with Crippen molar-refractivity contribution in [3.8, 4) is 23.7 Å². The predicted octanol–water partition coefficient (Wildman–Crippen LogP) is 9.64. The van der Waals surface area contributed by atoms with Crippen molar-refractivity contribution in [3.05, 3.63) is 202 Å². The predicted molar refractivity (Wildman–Crippen MR) is 235 cm³/mol. The molecule has 0 unspecified atom stereocenters. The van der Waals surface area contributed by atoms with Gasteiger partial charge in [0.05, 0.1) is 16.7 Å². The number of nitrogens with two attached hydrogens (primary N) is 1. The molecule has 0 aliphatic heterocycles. The molecule has 7 nitrogen and oxygen atoms in total. The van der Waals surface area contributed by atoms with Gasteiger partial charge in [0.25, 0.3) is 5.91 Å². The lowest BCUT2D eigenvalue weighted by atomic mass is 9.79. The fourth-order valence-electron chi connectivity index (χ4n) is 7.79. The van der Waals surface area contributed by atoms with Gasteiger partial charge in [0.1, 0.15) is 11.6 Å². The zero-order valence-corrected chi connectivity index (χ0v) is 33.9. The van der Waals surface area contributed by atoms with Crippen molar-refractivity contribution in [3.63, 3.8) is 0 Å². The molecule has 2 fully saturated rings. The summed E-state index contributed by atoms with van der Waals surface area (Å²) in [6.45, 7) is 1.37. The van der Waals surface area contributed by atoms with E-state index >= 15 is 0 Å². The highest BCUT2D eigenvalue weighted by Gasteiger charge is 2.36. The third-order valence-corrected chi connectivity index (χ3v) is 11.4. The molecular formula is C52H48F2N4O3. The topological polar surface area (TPSA) is 118 Å². The summed E-state index contributed by atoms with van der Waals surface area (Å²) in [6.07, 6.45) is 17.0. The smallest absolute Gasteiger partial charge is 0.335 e. The summed E-state index contributed by atoms with van der Waals surface area (Å²) < 4.78 is 27.0. The monoisotopic (exact) mass is 814 g/mol. The summed E-state index contributed by atoms with van der Waals surface area (Å²) in [4.78, 5) is 31.8. The number of hydrogen-bond donors (Lipinski definition) is 3. The number of halogens is 2. The lowest BCUT2D eigenvalue weighted by molar-refractivity contribution is 0.0696. The fourth-order valence-corrected chi connectivity index (χ4v) is 7.79. The molecule has 2 heterocycles. The van der Waals surface area contributed by atoms with Crippen LogP contribution < -0.4 is 11.1 Å². The fraction of sp³-hybridized carbons (Fsp3) is 0.231. The highest BCUT2D eigenvalue weighted by molar-refractivity contribution is 5.94. The zero-order valence-electron chi connectivity index (χ0n) is 33.9. The number of carbonyl (C=O) groups is 2. The molecule has 0 spiro atoms. The van der Waals surface area contributed by atoms with Crippen LogP contribution in [0.2, 0.25) is 0 Å². The Morgan fingerprint density at radius 3 is 1.46 bits per heavy atom. The molecular weight excluding hydrogens is 767 g/mol. The van der Waals surface area contributed by atoms with Gasteiger partial charge in [0.2, 0.25) is 0 Å². The molecule has 0 saturated heterocycles. The molecule has 4 aromatic carbocycles. The van der Waals surface area contributed by atoms with E-state index in [1.54, 1.807) is 79.0 Å². The van der Waals surface area contributed by atoms with Crippen LogP contribution in [0.1, 0.15) is 105 Å². The molecule has 1 amide bonds. The van der Waals surface area contributed by atoms with E-state index in [0.29, 0.717) is 28.8 Å². The second-order valence-corrected chi connectivity index (χ2v) is 15.3. The van der Waals surface area contributed by atoms with Crippen LogP contribution in [0.25, 0.3) is 0 Å². The zero-order chi connectivity index (χ0) is 42.9. The number of amides is 1. The maximum absolute atomic E-state index is 13.7. The highest BCUT2D eigenvalue weighted by atomic mass is 19.1. The summed E-state index contributed by atoms with van der Waals surface area (Å²) in [7, 11) is 0. The molecule has 2 saturated carbocycles. The molecule has 4 N–H and O–H groups in total. The average Bonchev–Trinajstić information content (AvgIpc) is 4.01. The lowest BCUT2D eigenvalue weighted by Crippen LogP contribution is -2.39. The van der Waals surface area contributed by atoms with E-state index < -0.39 is 5.97 Å². The van der Waals surface area contributed by atoms with Crippen LogP contribution >= 0.6 is 0 Å². The van der Waals surface area contributed by atoms with E-state index in [2.05, 4.69) is 51.1 Å². The molecule has 0 atom stereocenters. The Kier molecular flexibility index (Phi) is 15.3. The van der Waals surface area contributed by atoms with Crippen molar-refractivity contribution in [1.29, 1.82) is 0 Å². The quantitative estimate of drug-likeness (QED) is 0.138. The first-order chi connectivity index (χ1) is 29.7. The Labute approximate surface area is 356 Å². The van der Waals surface area contributed by atoms with E-state index in [1.807, 2.05) is 30.7 Å². The molecule has 8 rings (SSSR count). The first kappa shape index (κ1) is 43.6. The van der Waals surface area contributed by atoms with Crippen molar-refractivity contribution < 1.29 is 23.5 Å². The minimum Gasteiger partial charge on any atom is -0.478 e. The Morgan fingerprint density at radius 1 is 0.590 bits per heavy atom. The number of aromatic carboxylic acids is 1. The minimum absolute atomic E-state index is 0.0326. The summed E-state index contributed by atoms with van der Waals surface area (Å²) in [5, 5.41) is 11.8. The second-order valence-electron chi connectivity index (χ2n) is 15.3. The van der Waals surface area contributed by atoms with Gasteiger partial charge in [0, 0.05) is 65.4 Å². The molecule has 0 radical (unpaired) electrons. The third kappa shape index (κ3) is 11.8.